The minimum Gasteiger partial charge on any atom is -0.461 e. The molecule has 0 aliphatic carbocycles. The lowest BCUT2D eigenvalue weighted by Gasteiger charge is -2.25. The summed E-state index contributed by atoms with van der Waals surface area (Å²) < 4.78 is 10.8. The van der Waals surface area contributed by atoms with Gasteiger partial charge >= 0.3 is 12.1 Å². The van der Waals surface area contributed by atoms with Gasteiger partial charge in [0.2, 0.25) is 0 Å². The molecule has 0 saturated carbocycles. The normalized spacial score (nSPS) is 13.1. The first kappa shape index (κ1) is 26.2. The van der Waals surface area contributed by atoms with Gasteiger partial charge in [-0.25, -0.2) is 4.79 Å². The number of benzene rings is 3. The number of alkyl carbamates (subject to hydrolysis) is 1. The molecule has 0 unspecified atom stereocenters. The smallest absolute Gasteiger partial charge is 0.407 e. The van der Waals surface area contributed by atoms with Gasteiger partial charge in [0.25, 0.3) is 0 Å². The van der Waals surface area contributed by atoms with Gasteiger partial charge in [-0.1, -0.05) is 72.8 Å². The Bertz CT molecular complexity index is 1100. The number of carbonyl (C=O) groups is 2. The van der Waals surface area contributed by atoms with E-state index in [9.17, 15) is 9.59 Å². The monoisotopic (exact) mass is 476 g/mol. The zero-order chi connectivity index (χ0) is 25.3. The van der Waals surface area contributed by atoms with Gasteiger partial charge in [0.1, 0.15) is 12.2 Å². The van der Waals surface area contributed by atoms with Crippen molar-refractivity contribution in [2.45, 2.75) is 64.8 Å². The Labute approximate surface area is 208 Å². The van der Waals surface area contributed by atoms with Crippen LogP contribution in [0.2, 0.25) is 0 Å². The van der Waals surface area contributed by atoms with Gasteiger partial charge in [-0.2, -0.15) is 0 Å². The highest BCUT2D eigenvalue weighted by molar-refractivity contribution is 5.86. The van der Waals surface area contributed by atoms with Crippen molar-refractivity contribution < 1.29 is 19.1 Å². The van der Waals surface area contributed by atoms with Gasteiger partial charge in [0.15, 0.2) is 0 Å². The predicted octanol–water partition coefficient (Wildman–Crippen LogP) is 5.91. The van der Waals surface area contributed by atoms with Crippen LogP contribution in [0.15, 0.2) is 72.8 Å². The summed E-state index contributed by atoms with van der Waals surface area (Å²) in [5, 5.41) is 8.81. The Morgan fingerprint density at radius 1 is 0.914 bits per heavy atom. The number of fused-ring (bicyclic) bond motifs is 1. The molecule has 3 aromatic carbocycles. The van der Waals surface area contributed by atoms with Crippen LogP contribution in [0.1, 0.15) is 57.7 Å². The molecular formula is C29H36N2O4. The van der Waals surface area contributed by atoms with E-state index >= 15 is 0 Å². The highest BCUT2D eigenvalue weighted by atomic mass is 16.6. The standard InChI is InChI=1S/C29H36N2O4/c1-21(25-16-10-14-23-13-8-9-15-26(23)25)30-19-24(31-28(33)35-29(2,3)4)17-18-27(32)34-20-22-11-6-5-7-12-22/h5-16,21,24,30H,17-20H2,1-4H3,(H,31,33)/t21-,24-/m0/s1. The van der Waals surface area contributed by atoms with E-state index in [1.54, 1.807) is 0 Å². The number of amides is 1. The van der Waals surface area contributed by atoms with Crippen LogP contribution in [0.25, 0.3) is 10.8 Å². The minimum atomic E-state index is -0.604. The lowest BCUT2D eigenvalue weighted by atomic mass is 9.99. The SMILES string of the molecule is C[C@H](NC[C@H](CCC(=O)OCc1ccccc1)NC(=O)OC(C)(C)C)c1cccc2ccccc12. The van der Waals surface area contributed by atoms with Gasteiger partial charge in [-0.15, -0.1) is 0 Å². The number of esters is 1. The summed E-state index contributed by atoms with van der Waals surface area (Å²) in [7, 11) is 0. The van der Waals surface area contributed by atoms with Gasteiger partial charge < -0.3 is 20.1 Å². The molecule has 0 aliphatic rings. The summed E-state index contributed by atoms with van der Waals surface area (Å²) in [6.07, 6.45) is 0.125. The number of hydrogen-bond donors (Lipinski definition) is 2. The van der Waals surface area contributed by atoms with E-state index in [2.05, 4.69) is 47.9 Å². The summed E-state index contributed by atoms with van der Waals surface area (Å²) in [5.74, 6) is -0.299. The van der Waals surface area contributed by atoms with Gasteiger partial charge in [0, 0.05) is 25.0 Å². The largest absolute Gasteiger partial charge is 0.461 e. The van der Waals surface area contributed by atoms with E-state index < -0.39 is 11.7 Å². The van der Waals surface area contributed by atoms with E-state index in [4.69, 9.17) is 9.47 Å². The molecule has 186 valence electrons. The first-order valence-electron chi connectivity index (χ1n) is 12.1. The molecule has 2 N–H and O–H groups in total. The predicted molar refractivity (Wildman–Crippen MR) is 139 cm³/mol. The summed E-state index contributed by atoms with van der Waals surface area (Å²) in [4.78, 5) is 24.8. The third-order valence-corrected chi connectivity index (χ3v) is 5.62. The quantitative estimate of drug-likeness (QED) is 0.356. The Balaban J connectivity index is 1.60. The van der Waals surface area contributed by atoms with Crippen molar-refractivity contribution in [3.8, 4) is 0 Å². The molecule has 0 aliphatic heterocycles. The Hall–Kier alpha value is -3.38. The highest BCUT2D eigenvalue weighted by Crippen LogP contribution is 2.24. The molecule has 0 radical (unpaired) electrons. The number of nitrogens with one attached hydrogen (secondary N) is 2. The minimum absolute atomic E-state index is 0.0501. The lowest BCUT2D eigenvalue weighted by Crippen LogP contribution is -2.45. The molecule has 0 aromatic heterocycles. The maximum atomic E-state index is 12.4. The van der Waals surface area contributed by atoms with Crippen molar-refractivity contribution >= 4 is 22.8 Å². The van der Waals surface area contributed by atoms with Crippen LogP contribution in [0, 0.1) is 0 Å². The maximum absolute atomic E-state index is 12.4. The van der Waals surface area contributed by atoms with Crippen LogP contribution in [-0.2, 0) is 20.9 Å². The van der Waals surface area contributed by atoms with E-state index in [0.717, 1.165) is 5.56 Å². The molecule has 0 bridgehead atoms. The molecular weight excluding hydrogens is 440 g/mol. The summed E-state index contributed by atoms with van der Waals surface area (Å²) in [6.45, 7) is 8.28. The van der Waals surface area contributed by atoms with Gasteiger partial charge in [-0.3, -0.25) is 4.79 Å². The molecule has 2 atom stereocenters. The van der Waals surface area contributed by atoms with Crippen molar-refractivity contribution in [1.29, 1.82) is 0 Å². The van der Waals surface area contributed by atoms with Gasteiger partial charge in [-0.05, 0) is 56.0 Å². The van der Waals surface area contributed by atoms with E-state index in [1.807, 2.05) is 63.2 Å². The summed E-state index contributed by atoms with van der Waals surface area (Å²) >= 11 is 0. The number of rotatable bonds is 10. The molecule has 0 fully saturated rings. The topological polar surface area (TPSA) is 76.7 Å². The number of hydrogen-bond acceptors (Lipinski definition) is 5. The molecule has 3 aromatic rings. The van der Waals surface area contributed by atoms with Crippen LogP contribution in [0.5, 0.6) is 0 Å². The zero-order valence-corrected chi connectivity index (χ0v) is 21.0. The van der Waals surface area contributed by atoms with Crippen molar-refractivity contribution in [2.24, 2.45) is 0 Å². The van der Waals surface area contributed by atoms with Crippen LogP contribution < -0.4 is 10.6 Å². The molecule has 0 saturated heterocycles. The molecule has 1 amide bonds. The second-order valence-corrected chi connectivity index (χ2v) is 9.73. The number of ether oxygens (including phenoxy) is 2. The van der Waals surface area contributed by atoms with Crippen LogP contribution in [0.4, 0.5) is 4.79 Å². The maximum Gasteiger partial charge on any atom is 0.407 e. The van der Waals surface area contributed by atoms with Crippen LogP contribution >= 0.6 is 0 Å². The second-order valence-electron chi connectivity index (χ2n) is 9.73. The first-order valence-corrected chi connectivity index (χ1v) is 12.1. The molecule has 6 heteroatoms. The summed E-state index contributed by atoms with van der Waals surface area (Å²) in [6, 6.07) is 23.9. The summed E-state index contributed by atoms with van der Waals surface area (Å²) in [5.41, 5.74) is 1.52. The van der Waals surface area contributed by atoms with E-state index in [1.165, 1.54) is 16.3 Å². The molecule has 6 nitrogen and oxygen atoms in total. The van der Waals surface area contributed by atoms with Crippen LogP contribution in [-0.4, -0.2) is 30.3 Å². The van der Waals surface area contributed by atoms with Crippen molar-refractivity contribution in [3.05, 3.63) is 83.9 Å². The third-order valence-electron chi connectivity index (χ3n) is 5.62. The first-order chi connectivity index (χ1) is 16.7. The molecule has 0 heterocycles. The highest BCUT2D eigenvalue weighted by Gasteiger charge is 2.21. The number of carbonyl (C=O) groups excluding carboxylic acids is 2. The Morgan fingerprint density at radius 2 is 1.60 bits per heavy atom. The Kier molecular flexibility index (Phi) is 9.26. The fraction of sp³-hybridized carbons (Fsp3) is 0.379. The second kappa shape index (κ2) is 12.4. The molecule has 0 spiro atoms. The average Bonchev–Trinajstić information content (AvgIpc) is 2.83. The van der Waals surface area contributed by atoms with E-state index in [0.29, 0.717) is 13.0 Å². The van der Waals surface area contributed by atoms with Crippen LogP contribution in [0.3, 0.4) is 0 Å². The van der Waals surface area contributed by atoms with E-state index in [-0.39, 0.29) is 31.1 Å². The van der Waals surface area contributed by atoms with Crippen molar-refractivity contribution in [1.82, 2.24) is 10.6 Å². The molecule has 3 rings (SSSR count). The Morgan fingerprint density at radius 3 is 2.34 bits per heavy atom. The van der Waals surface area contributed by atoms with Crippen molar-refractivity contribution in [3.63, 3.8) is 0 Å². The fourth-order valence-electron chi connectivity index (χ4n) is 3.86. The fourth-order valence-corrected chi connectivity index (χ4v) is 3.86. The molecule has 35 heavy (non-hydrogen) atoms. The van der Waals surface area contributed by atoms with Gasteiger partial charge in [0.05, 0.1) is 0 Å². The third kappa shape index (κ3) is 8.72. The zero-order valence-electron chi connectivity index (χ0n) is 21.0. The average molecular weight is 477 g/mol. The van der Waals surface area contributed by atoms with Crippen molar-refractivity contribution in [2.75, 3.05) is 6.54 Å². The lowest BCUT2D eigenvalue weighted by molar-refractivity contribution is -0.145.